The van der Waals surface area contributed by atoms with Gasteiger partial charge in [-0.15, -0.1) is 11.3 Å². The summed E-state index contributed by atoms with van der Waals surface area (Å²) in [6.45, 7) is 2.42. The maximum Gasteiger partial charge on any atom is 0.255 e. The van der Waals surface area contributed by atoms with E-state index in [0.29, 0.717) is 11.3 Å². The largest absolute Gasteiger partial charge is 0.380 e. The summed E-state index contributed by atoms with van der Waals surface area (Å²) in [6, 6.07) is 2.27. The molecule has 0 radical (unpaired) electrons. The monoisotopic (exact) mass is 347 g/mol. The number of nitrogens with zero attached hydrogens (tertiary/aromatic N) is 1. The van der Waals surface area contributed by atoms with Crippen LogP contribution < -0.4 is 0 Å². The summed E-state index contributed by atoms with van der Waals surface area (Å²) in [4.78, 5) is 14.6. The first-order valence-electron chi connectivity index (χ1n) is 6.00. The molecular formula is C12H14BrNO2S2. The van der Waals surface area contributed by atoms with Gasteiger partial charge in [-0.25, -0.2) is 0 Å². The Bertz CT molecular complexity index is 449. The Labute approximate surface area is 123 Å². The Balaban J connectivity index is 1.79. The highest BCUT2D eigenvalue weighted by atomic mass is 79.9. The minimum Gasteiger partial charge on any atom is -0.380 e. The van der Waals surface area contributed by atoms with Gasteiger partial charge in [-0.3, -0.25) is 4.79 Å². The molecule has 6 heteroatoms. The quantitative estimate of drug-likeness (QED) is 0.782. The van der Waals surface area contributed by atoms with E-state index in [-0.39, 0.29) is 5.91 Å². The van der Waals surface area contributed by atoms with Gasteiger partial charge in [-0.1, -0.05) is 0 Å². The van der Waals surface area contributed by atoms with Gasteiger partial charge in [0.15, 0.2) is 0 Å². The van der Waals surface area contributed by atoms with Crippen LogP contribution in [0.5, 0.6) is 0 Å². The molecule has 0 saturated carbocycles. The lowest BCUT2D eigenvalue weighted by molar-refractivity contribution is 0.0319. The second kappa shape index (κ2) is 5.53. The van der Waals surface area contributed by atoms with Crippen molar-refractivity contribution in [1.29, 1.82) is 0 Å². The summed E-state index contributed by atoms with van der Waals surface area (Å²) in [6.07, 6.45) is 0.967. The number of thiophene rings is 1. The molecule has 3 heterocycles. The van der Waals surface area contributed by atoms with E-state index in [9.17, 15) is 4.79 Å². The van der Waals surface area contributed by atoms with Crippen LogP contribution in [0.3, 0.4) is 0 Å². The molecule has 0 bridgehead atoms. The third kappa shape index (κ3) is 2.48. The Hall–Kier alpha value is -0.0400. The Morgan fingerprint density at radius 3 is 3.22 bits per heavy atom. The fourth-order valence-electron chi connectivity index (χ4n) is 2.52. The number of carbonyl (C=O) groups excluding carboxylic acids is 1. The summed E-state index contributed by atoms with van der Waals surface area (Å²) in [5, 5.41) is 2.39. The van der Waals surface area contributed by atoms with Crippen molar-refractivity contribution in [3.8, 4) is 0 Å². The smallest absolute Gasteiger partial charge is 0.255 e. The lowest BCUT2D eigenvalue weighted by Crippen LogP contribution is -2.54. The van der Waals surface area contributed by atoms with Gasteiger partial charge in [-0.2, -0.15) is 11.8 Å². The molecule has 3 rings (SSSR count). The first-order chi connectivity index (χ1) is 8.75. The molecule has 2 fully saturated rings. The summed E-state index contributed by atoms with van der Waals surface area (Å²) in [5.41, 5.74) is 0.809. The summed E-state index contributed by atoms with van der Waals surface area (Å²) >= 11 is 6.93. The molecule has 2 aliphatic heterocycles. The zero-order valence-corrected chi connectivity index (χ0v) is 13.0. The van der Waals surface area contributed by atoms with Crippen molar-refractivity contribution in [2.45, 2.75) is 17.7 Å². The molecule has 3 nitrogen and oxygen atoms in total. The molecule has 2 atom stereocenters. The molecule has 1 aromatic rings. The van der Waals surface area contributed by atoms with Gasteiger partial charge in [0.1, 0.15) is 0 Å². The van der Waals surface area contributed by atoms with E-state index >= 15 is 0 Å². The number of hydrogen-bond donors (Lipinski definition) is 0. The van der Waals surface area contributed by atoms with Crippen molar-refractivity contribution in [2.24, 2.45) is 0 Å². The number of thioether (sulfide) groups is 1. The molecule has 2 unspecified atom stereocenters. The molecular weight excluding hydrogens is 334 g/mol. The highest BCUT2D eigenvalue weighted by Crippen LogP contribution is 2.32. The van der Waals surface area contributed by atoms with Crippen LogP contribution in [0.15, 0.2) is 15.2 Å². The van der Waals surface area contributed by atoms with Gasteiger partial charge in [0.25, 0.3) is 5.91 Å². The summed E-state index contributed by atoms with van der Waals surface area (Å²) in [7, 11) is 0. The summed E-state index contributed by atoms with van der Waals surface area (Å²) < 4.78 is 6.53. The van der Waals surface area contributed by atoms with E-state index in [1.807, 2.05) is 23.2 Å². The second-order valence-electron chi connectivity index (χ2n) is 4.48. The number of amides is 1. The van der Waals surface area contributed by atoms with E-state index in [1.54, 1.807) is 11.3 Å². The van der Waals surface area contributed by atoms with E-state index in [0.717, 1.165) is 41.3 Å². The molecule has 18 heavy (non-hydrogen) atoms. The maximum absolute atomic E-state index is 12.5. The van der Waals surface area contributed by atoms with E-state index in [2.05, 4.69) is 20.8 Å². The Morgan fingerprint density at radius 2 is 2.44 bits per heavy atom. The van der Waals surface area contributed by atoms with Crippen molar-refractivity contribution in [1.82, 2.24) is 4.90 Å². The Kier molecular flexibility index (Phi) is 3.98. The van der Waals surface area contributed by atoms with Gasteiger partial charge < -0.3 is 9.64 Å². The topological polar surface area (TPSA) is 29.5 Å². The van der Waals surface area contributed by atoms with E-state index in [1.165, 1.54) is 0 Å². The lowest BCUT2D eigenvalue weighted by atomic mass is 10.1. The molecule has 1 aromatic heterocycles. The van der Waals surface area contributed by atoms with Crippen LogP contribution in [0.4, 0.5) is 0 Å². The van der Waals surface area contributed by atoms with Crippen LogP contribution in [0.2, 0.25) is 0 Å². The first-order valence-corrected chi connectivity index (χ1v) is 8.72. The average Bonchev–Trinajstić information content (AvgIpc) is 2.84. The average molecular weight is 348 g/mol. The number of fused-ring (bicyclic) bond motifs is 1. The van der Waals surface area contributed by atoms with Crippen LogP contribution in [0.25, 0.3) is 0 Å². The van der Waals surface area contributed by atoms with Gasteiger partial charge in [-0.05, 0) is 28.4 Å². The molecule has 0 spiro atoms. The minimum atomic E-state index is 0.175. The Morgan fingerprint density at radius 1 is 1.56 bits per heavy atom. The standard InChI is InChI=1S/C12H14BrNO2S2/c13-11-5-8(7-18-11)12(15)14-2-4-17-10-6-16-3-1-9(10)14/h5,7,9-10H,1-4,6H2. The molecule has 98 valence electrons. The zero-order chi connectivity index (χ0) is 12.5. The fraction of sp³-hybridized carbons (Fsp3) is 0.583. The number of rotatable bonds is 1. The van der Waals surface area contributed by atoms with Crippen molar-refractivity contribution in [2.75, 3.05) is 25.5 Å². The molecule has 2 aliphatic rings. The van der Waals surface area contributed by atoms with Crippen molar-refractivity contribution in [3.63, 3.8) is 0 Å². The van der Waals surface area contributed by atoms with Crippen molar-refractivity contribution >= 4 is 44.9 Å². The van der Waals surface area contributed by atoms with Crippen LogP contribution in [0, 0.1) is 0 Å². The number of halogens is 1. The molecule has 0 N–H and O–H groups in total. The minimum absolute atomic E-state index is 0.175. The number of hydrogen-bond acceptors (Lipinski definition) is 4. The van der Waals surface area contributed by atoms with Gasteiger partial charge >= 0.3 is 0 Å². The normalized spacial score (nSPS) is 27.9. The van der Waals surface area contributed by atoms with E-state index < -0.39 is 0 Å². The summed E-state index contributed by atoms with van der Waals surface area (Å²) in [5.74, 6) is 1.19. The predicted molar refractivity (Wildman–Crippen MR) is 78.5 cm³/mol. The van der Waals surface area contributed by atoms with Crippen LogP contribution >= 0.6 is 39.0 Å². The zero-order valence-electron chi connectivity index (χ0n) is 9.80. The third-order valence-electron chi connectivity index (χ3n) is 3.41. The predicted octanol–water partition coefficient (Wildman–Crippen LogP) is 2.86. The molecule has 1 amide bonds. The van der Waals surface area contributed by atoms with Gasteiger partial charge in [0, 0.05) is 35.6 Å². The van der Waals surface area contributed by atoms with E-state index in [4.69, 9.17) is 4.74 Å². The maximum atomic E-state index is 12.5. The van der Waals surface area contributed by atoms with Gasteiger partial charge in [0.2, 0.25) is 0 Å². The number of carbonyl (C=O) groups is 1. The van der Waals surface area contributed by atoms with Crippen LogP contribution in [0.1, 0.15) is 16.8 Å². The van der Waals surface area contributed by atoms with Crippen LogP contribution in [-0.2, 0) is 4.74 Å². The number of ether oxygens (including phenoxy) is 1. The molecule has 2 saturated heterocycles. The van der Waals surface area contributed by atoms with Crippen molar-refractivity contribution < 1.29 is 9.53 Å². The highest BCUT2D eigenvalue weighted by Gasteiger charge is 2.37. The second-order valence-corrected chi connectivity index (χ2v) is 8.12. The fourth-order valence-corrected chi connectivity index (χ4v) is 4.96. The SMILES string of the molecule is O=C(c1csc(Br)c1)N1CCSC2COCCC21. The highest BCUT2D eigenvalue weighted by molar-refractivity contribution is 9.11. The molecule has 0 aliphatic carbocycles. The van der Waals surface area contributed by atoms with Crippen molar-refractivity contribution in [3.05, 3.63) is 20.8 Å². The first kappa shape index (κ1) is 13.0. The molecule has 0 aromatic carbocycles. The lowest BCUT2D eigenvalue weighted by Gasteiger charge is -2.43. The third-order valence-corrected chi connectivity index (χ3v) is 6.21. The van der Waals surface area contributed by atoms with Crippen LogP contribution in [-0.4, -0.2) is 47.6 Å². The van der Waals surface area contributed by atoms with Gasteiger partial charge in [0.05, 0.1) is 16.0 Å².